The summed E-state index contributed by atoms with van der Waals surface area (Å²) in [6.45, 7) is 5.82. The van der Waals surface area contributed by atoms with Gasteiger partial charge >= 0.3 is 0 Å². The first-order valence-corrected chi connectivity index (χ1v) is 5.10. The summed E-state index contributed by atoms with van der Waals surface area (Å²) in [7, 11) is 0. The highest BCUT2D eigenvalue weighted by Gasteiger charge is 1.97. The van der Waals surface area contributed by atoms with Crippen LogP contribution in [0.3, 0.4) is 0 Å². The minimum absolute atomic E-state index is 1.26. The maximum atomic E-state index is 3.68. The molecule has 2 aromatic carbocycles. The van der Waals surface area contributed by atoms with E-state index < -0.39 is 0 Å². The van der Waals surface area contributed by atoms with Crippen LogP contribution in [0.25, 0.3) is 16.8 Å². The highest BCUT2D eigenvalue weighted by atomic mass is 14.0. The standard InChI is InChI=1S/C15H14/c1-3-4-7-13-11-15-9-6-5-8-14(15)10-12(13)2/h3-11H,1H2,2H3/b7-4-. The Kier molecular flexibility index (Phi) is 2.68. The molecule has 0 heterocycles. The SMILES string of the molecule is C=C/C=C\c1cc2ccccc2cc1C. The summed E-state index contributed by atoms with van der Waals surface area (Å²) in [5, 5.41) is 2.58. The van der Waals surface area contributed by atoms with Crippen molar-refractivity contribution in [3.05, 3.63) is 66.3 Å². The van der Waals surface area contributed by atoms with E-state index >= 15 is 0 Å². The Morgan fingerprint density at radius 3 is 2.40 bits per heavy atom. The summed E-state index contributed by atoms with van der Waals surface area (Å²) < 4.78 is 0. The topological polar surface area (TPSA) is 0 Å². The molecule has 0 amide bonds. The van der Waals surface area contributed by atoms with Crippen molar-refractivity contribution in [3.63, 3.8) is 0 Å². The van der Waals surface area contributed by atoms with Crippen LogP contribution in [0.5, 0.6) is 0 Å². The van der Waals surface area contributed by atoms with Crippen molar-refractivity contribution in [1.29, 1.82) is 0 Å². The third-order valence-electron chi connectivity index (χ3n) is 2.55. The molecule has 2 rings (SSSR count). The van der Waals surface area contributed by atoms with Crippen molar-refractivity contribution in [2.24, 2.45) is 0 Å². The smallest absolute Gasteiger partial charge is 0.0178 e. The minimum atomic E-state index is 1.26. The molecule has 0 nitrogen and oxygen atoms in total. The Bertz CT molecular complexity index is 519. The lowest BCUT2D eigenvalue weighted by atomic mass is 10.0. The van der Waals surface area contributed by atoms with Gasteiger partial charge < -0.3 is 0 Å². The van der Waals surface area contributed by atoms with Gasteiger partial charge in [0.1, 0.15) is 0 Å². The minimum Gasteiger partial charge on any atom is -0.0991 e. The van der Waals surface area contributed by atoms with Crippen molar-refractivity contribution >= 4 is 16.8 Å². The summed E-state index contributed by atoms with van der Waals surface area (Å²) in [5.74, 6) is 0. The van der Waals surface area contributed by atoms with Crippen LogP contribution in [-0.2, 0) is 0 Å². The summed E-state index contributed by atoms with van der Waals surface area (Å²) in [6, 6.07) is 12.9. The number of aryl methyl sites for hydroxylation is 1. The van der Waals surface area contributed by atoms with Gasteiger partial charge in [0, 0.05) is 0 Å². The quantitative estimate of drug-likeness (QED) is 0.623. The molecule has 0 atom stereocenters. The van der Waals surface area contributed by atoms with Gasteiger partial charge in [-0.25, -0.2) is 0 Å². The predicted molar refractivity (Wildman–Crippen MR) is 67.9 cm³/mol. The van der Waals surface area contributed by atoms with Gasteiger partial charge in [0.25, 0.3) is 0 Å². The van der Waals surface area contributed by atoms with Gasteiger partial charge in [0.05, 0.1) is 0 Å². The van der Waals surface area contributed by atoms with Gasteiger partial charge in [-0.3, -0.25) is 0 Å². The van der Waals surface area contributed by atoms with Gasteiger partial charge in [0.2, 0.25) is 0 Å². The second kappa shape index (κ2) is 4.14. The first kappa shape index (κ1) is 9.72. The van der Waals surface area contributed by atoms with Crippen LogP contribution < -0.4 is 0 Å². The summed E-state index contributed by atoms with van der Waals surface area (Å²) in [4.78, 5) is 0. The zero-order valence-corrected chi connectivity index (χ0v) is 8.90. The molecule has 0 unspecified atom stereocenters. The summed E-state index contributed by atoms with van der Waals surface area (Å²) >= 11 is 0. The highest BCUT2D eigenvalue weighted by molar-refractivity contribution is 5.86. The van der Waals surface area contributed by atoms with Crippen LogP contribution >= 0.6 is 0 Å². The molecule has 0 saturated heterocycles. The van der Waals surface area contributed by atoms with Crippen molar-refractivity contribution in [2.75, 3.05) is 0 Å². The number of hydrogen-bond acceptors (Lipinski definition) is 0. The van der Waals surface area contributed by atoms with E-state index in [0.29, 0.717) is 0 Å². The molecule has 0 N–H and O–H groups in total. The largest absolute Gasteiger partial charge is 0.0991 e. The van der Waals surface area contributed by atoms with Gasteiger partial charge in [-0.2, -0.15) is 0 Å². The zero-order chi connectivity index (χ0) is 10.7. The van der Waals surface area contributed by atoms with E-state index in [2.05, 4.69) is 56.0 Å². The van der Waals surface area contributed by atoms with Crippen molar-refractivity contribution in [1.82, 2.24) is 0 Å². The average molecular weight is 194 g/mol. The lowest BCUT2D eigenvalue weighted by molar-refractivity contribution is 1.47. The van der Waals surface area contributed by atoms with Gasteiger partial charge in [-0.1, -0.05) is 55.1 Å². The van der Waals surface area contributed by atoms with E-state index in [0.717, 1.165) is 0 Å². The second-order valence-corrected chi connectivity index (χ2v) is 3.65. The van der Waals surface area contributed by atoms with E-state index in [1.165, 1.54) is 21.9 Å². The van der Waals surface area contributed by atoms with E-state index in [9.17, 15) is 0 Å². The van der Waals surface area contributed by atoms with Gasteiger partial charge in [-0.05, 0) is 34.9 Å². The fourth-order valence-electron chi connectivity index (χ4n) is 1.72. The molecular weight excluding hydrogens is 180 g/mol. The second-order valence-electron chi connectivity index (χ2n) is 3.65. The lowest BCUT2D eigenvalue weighted by Crippen LogP contribution is -1.81. The van der Waals surface area contributed by atoms with Crippen LogP contribution in [0.1, 0.15) is 11.1 Å². The number of benzene rings is 2. The predicted octanol–water partition coefficient (Wildman–Crippen LogP) is 4.35. The lowest BCUT2D eigenvalue weighted by Gasteiger charge is -2.03. The summed E-state index contributed by atoms with van der Waals surface area (Å²) in [5.41, 5.74) is 2.56. The fourth-order valence-corrected chi connectivity index (χ4v) is 1.72. The molecule has 0 aliphatic carbocycles. The van der Waals surface area contributed by atoms with E-state index in [-0.39, 0.29) is 0 Å². The first-order chi connectivity index (χ1) is 7.31. The molecule has 2 aromatic rings. The average Bonchev–Trinajstić information content (AvgIpc) is 2.26. The molecule has 0 saturated carbocycles. The molecule has 74 valence electrons. The summed E-state index contributed by atoms with van der Waals surface area (Å²) in [6.07, 6.45) is 5.86. The van der Waals surface area contributed by atoms with Crippen molar-refractivity contribution < 1.29 is 0 Å². The van der Waals surface area contributed by atoms with E-state index in [1.807, 2.05) is 6.08 Å². The molecular formula is C15H14. The Labute approximate surface area is 90.6 Å². The van der Waals surface area contributed by atoms with Crippen LogP contribution in [0.4, 0.5) is 0 Å². The molecule has 0 spiro atoms. The Morgan fingerprint density at radius 2 is 1.73 bits per heavy atom. The maximum Gasteiger partial charge on any atom is -0.0178 e. The fraction of sp³-hybridized carbons (Fsp3) is 0.0667. The van der Waals surface area contributed by atoms with Crippen LogP contribution in [0.2, 0.25) is 0 Å². The third kappa shape index (κ3) is 1.99. The molecule has 0 bridgehead atoms. The normalized spacial score (nSPS) is 11.0. The van der Waals surface area contributed by atoms with Gasteiger partial charge in [-0.15, -0.1) is 0 Å². The highest BCUT2D eigenvalue weighted by Crippen LogP contribution is 2.20. The molecule has 15 heavy (non-hydrogen) atoms. The Morgan fingerprint density at radius 1 is 1.07 bits per heavy atom. The van der Waals surface area contributed by atoms with E-state index in [1.54, 1.807) is 6.08 Å². The van der Waals surface area contributed by atoms with Crippen molar-refractivity contribution in [2.45, 2.75) is 6.92 Å². The molecule has 0 radical (unpaired) electrons. The van der Waals surface area contributed by atoms with Crippen molar-refractivity contribution in [3.8, 4) is 0 Å². The number of rotatable bonds is 2. The third-order valence-corrected chi connectivity index (χ3v) is 2.55. The first-order valence-electron chi connectivity index (χ1n) is 5.10. The van der Waals surface area contributed by atoms with Crippen LogP contribution in [0.15, 0.2) is 55.1 Å². The number of hydrogen-bond donors (Lipinski definition) is 0. The molecule has 0 heteroatoms. The number of fused-ring (bicyclic) bond motifs is 1. The monoisotopic (exact) mass is 194 g/mol. The van der Waals surface area contributed by atoms with Crippen LogP contribution in [0, 0.1) is 6.92 Å². The molecule has 0 fully saturated rings. The molecule has 0 aliphatic rings. The van der Waals surface area contributed by atoms with Crippen LogP contribution in [-0.4, -0.2) is 0 Å². The number of allylic oxidation sites excluding steroid dienone is 2. The zero-order valence-electron chi connectivity index (χ0n) is 8.90. The van der Waals surface area contributed by atoms with Gasteiger partial charge in [0.15, 0.2) is 0 Å². The van der Waals surface area contributed by atoms with E-state index in [4.69, 9.17) is 0 Å². The maximum absolute atomic E-state index is 3.68. The molecule has 0 aliphatic heterocycles. The Balaban J connectivity index is 2.61. The Hall–Kier alpha value is -1.82. The molecule has 0 aromatic heterocycles.